The first-order chi connectivity index (χ1) is 8.10. The van der Waals surface area contributed by atoms with Crippen LogP contribution in [0.25, 0.3) is 0 Å². The number of rotatable bonds is 11. The first-order valence-electron chi connectivity index (χ1n) is 6.34. The predicted molar refractivity (Wildman–Crippen MR) is 67.5 cm³/mol. The summed E-state index contributed by atoms with van der Waals surface area (Å²) < 4.78 is 0. The standard InChI is InChI=1S/C12H26N2O3/c13-8-2-1-6-12(14,7-4-10-16)11(17)5-3-9-15/h15-16H,1-10,13-14H2. The van der Waals surface area contributed by atoms with Crippen LogP contribution in [0.2, 0.25) is 0 Å². The number of Topliss-reactive ketones (excluding diaryl/α,β-unsaturated/α-hetero) is 1. The highest BCUT2D eigenvalue weighted by Crippen LogP contribution is 2.21. The van der Waals surface area contributed by atoms with Crippen LogP contribution >= 0.6 is 0 Å². The molecular formula is C12H26N2O3. The van der Waals surface area contributed by atoms with Gasteiger partial charge in [-0.15, -0.1) is 0 Å². The zero-order valence-electron chi connectivity index (χ0n) is 10.5. The maximum Gasteiger partial charge on any atom is 0.152 e. The maximum absolute atomic E-state index is 12.0. The third kappa shape index (κ3) is 6.73. The molecule has 0 saturated heterocycles. The van der Waals surface area contributed by atoms with Crippen LogP contribution in [0.3, 0.4) is 0 Å². The van der Waals surface area contributed by atoms with Gasteiger partial charge in [-0.2, -0.15) is 0 Å². The van der Waals surface area contributed by atoms with E-state index < -0.39 is 5.54 Å². The molecule has 0 bridgehead atoms. The summed E-state index contributed by atoms with van der Waals surface area (Å²) in [6.45, 7) is 0.647. The smallest absolute Gasteiger partial charge is 0.152 e. The summed E-state index contributed by atoms with van der Waals surface area (Å²) in [6.07, 6.45) is 4.07. The summed E-state index contributed by atoms with van der Waals surface area (Å²) in [5.74, 6) is -0.0166. The van der Waals surface area contributed by atoms with Crippen molar-refractivity contribution >= 4 is 5.78 Å². The van der Waals surface area contributed by atoms with Crippen LogP contribution < -0.4 is 11.5 Å². The second-order valence-corrected chi connectivity index (χ2v) is 4.48. The van der Waals surface area contributed by atoms with Crippen LogP contribution in [0.4, 0.5) is 0 Å². The number of carbonyl (C=O) groups is 1. The summed E-state index contributed by atoms with van der Waals surface area (Å²) in [4.78, 5) is 12.0. The maximum atomic E-state index is 12.0. The Morgan fingerprint density at radius 3 is 2.12 bits per heavy atom. The van der Waals surface area contributed by atoms with Gasteiger partial charge in [0.2, 0.25) is 0 Å². The van der Waals surface area contributed by atoms with Crippen LogP contribution in [-0.2, 0) is 4.79 Å². The summed E-state index contributed by atoms with van der Waals surface area (Å²) >= 11 is 0. The van der Waals surface area contributed by atoms with E-state index in [0.717, 1.165) is 12.8 Å². The molecule has 0 fully saturated rings. The van der Waals surface area contributed by atoms with Crippen molar-refractivity contribution in [1.29, 1.82) is 0 Å². The van der Waals surface area contributed by atoms with Gasteiger partial charge in [0.1, 0.15) is 0 Å². The summed E-state index contributed by atoms with van der Waals surface area (Å²) in [5, 5.41) is 17.6. The molecule has 0 saturated carbocycles. The Morgan fingerprint density at radius 2 is 1.59 bits per heavy atom. The average molecular weight is 246 g/mol. The second-order valence-electron chi connectivity index (χ2n) is 4.48. The van der Waals surface area contributed by atoms with Crippen LogP contribution in [0.15, 0.2) is 0 Å². The highest BCUT2D eigenvalue weighted by atomic mass is 16.3. The third-order valence-electron chi connectivity index (χ3n) is 2.98. The minimum atomic E-state index is -0.854. The Kier molecular flexibility index (Phi) is 9.26. The molecule has 0 spiro atoms. The van der Waals surface area contributed by atoms with Crippen molar-refractivity contribution in [2.45, 2.75) is 50.5 Å². The fourth-order valence-electron chi connectivity index (χ4n) is 1.87. The zero-order chi connectivity index (χ0) is 13.1. The van der Waals surface area contributed by atoms with E-state index in [1.54, 1.807) is 0 Å². The van der Waals surface area contributed by atoms with Gasteiger partial charge in [0.25, 0.3) is 0 Å². The summed E-state index contributed by atoms with van der Waals surface area (Å²) in [5.41, 5.74) is 10.7. The van der Waals surface area contributed by atoms with E-state index >= 15 is 0 Å². The highest BCUT2D eigenvalue weighted by Gasteiger charge is 2.31. The van der Waals surface area contributed by atoms with Crippen molar-refractivity contribution in [2.75, 3.05) is 19.8 Å². The van der Waals surface area contributed by atoms with Crippen LogP contribution in [0, 0.1) is 0 Å². The van der Waals surface area contributed by atoms with E-state index in [9.17, 15) is 4.79 Å². The topological polar surface area (TPSA) is 110 Å². The van der Waals surface area contributed by atoms with Gasteiger partial charge in [-0.1, -0.05) is 0 Å². The number of aliphatic hydroxyl groups is 2. The Labute approximate surface area is 103 Å². The normalized spacial score (nSPS) is 14.6. The Morgan fingerprint density at radius 1 is 1.00 bits per heavy atom. The molecule has 0 aliphatic carbocycles. The van der Waals surface area contributed by atoms with E-state index in [4.69, 9.17) is 21.7 Å². The van der Waals surface area contributed by atoms with Gasteiger partial charge in [-0.3, -0.25) is 4.79 Å². The van der Waals surface area contributed by atoms with Crippen molar-refractivity contribution in [2.24, 2.45) is 11.5 Å². The molecule has 0 amide bonds. The van der Waals surface area contributed by atoms with Crippen LogP contribution in [-0.4, -0.2) is 41.3 Å². The SMILES string of the molecule is NCCCCC(N)(CCCO)C(=O)CCCO. The van der Waals surface area contributed by atoms with E-state index in [1.807, 2.05) is 0 Å². The molecule has 5 heteroatoms. The first-order valence-corrected chi connectivity index (χ1v) is 6.34. The average Bonchev–Trinajstić information content (AvgIpc) is 2.33. The lowest BCUT2D eigenvalue weighted by atomic mass is 9.83. The van der Waals surface area contributed by atoms with E-state index in [0.29, 0.717) is 38.6 Å². The molecule has 0 heterocycles. The zero-order valence-corrected chi connectivity index (χ0v) is 10.5. The number of hydrogen-bond acceptors (Lipinski definition) is 5. The number of aliphatic hydroxyl groups excluding tert-OH is 2. The lowest BCUT2D eigenvalue weighted by Crippen LogP contribution is -2.48. The minimum Gasteiger partial charge on any atom is -0.396 e. The lowest BCUT2D eigenvalue weighted by Gasteiger charge is -2.28. The molecule has 0 aliphatic rings. The van der Waals surface area contributed by atoms with Crippen molar-refractivity contribution in [1.82, 2.24) is 0 Å². The van der Waals surface area contributed by atoms with Crippen molar-refractivity contribution in [3.63, 3.8) is 0 Å². The van der Waals surface area contributed by atoms with Gasteiger partial charge in [-0.05, 0) is 45.1 Å². The predicted octanol–water partition coefficient (Wildman–Crippen LogP) is -0.0730. The second kappa shape index (κ2) is 9.53. The van der Waals surface area contributed by atoms with Gasteiger partial charge in [0.05, 0.1) is 5.54 Å². The Balaban J connectivity index is 4.30. The molecular weight excluding hydrogens is 220 g/mol. The summed E-state index contributed by atoms with van der Waals surface area (Å²) in [6, 6.07) is 0. The minimum absolute atomic E-state index is 0.00458. The molecule has 0 rings (SSSR count). The number of nitrogens with two attached hydrogens (primary N) is 2. The lowest BCUT2D eigenvalue weighted by molar-refractivity contribution is -0.125. The Bertz CT molecular complexity index is 212. The van der Waals surface area contributed by atoms with Gasteiger partial charge in [-0.25, -0.2) is 0 Å². The molecule has 0 aliphatic heterocycles. The van der Waals surface area contributed by atoms with E-state index in [-0.39, 0.29) is 19.0 Å². The fraction of sp³-hybridized carbons (Fsp3) is 0.917. The molecule has 0 aromatic heterocycles. The van der Waals surface area contributed by atoms with Crippen LogP contribution in [0.1, 0.15) is 44.9 Å². The largest absolute Gasteiger partial charge is 0.396 e. The van der Waals surface area contributed by atoms with Gasteiger partial charge >= 0.3 is 0 Å². The molecule has 6 N–H and O–H groups in total. The van der Waals surface area contributed by atoms with Gasteiger partial charge in [0.15, 0.2) is 5.78 Å². The number of unbranched alkanes of at least 4 members (excludes halogenated alkanes) is 1. The monoisotopic (exact) mass is 246 g/mol. The van der Waals surface area contributed by atoms with Crippen molar-refractivity contribution < 1.29 is 15.0 Å². The number of carbonyl (C=O) groups excluding carboxylic acids is 1. The molecule has 0 aromatic carbocycles. The fourth-order valence-corrected chi connectivity index (χ4v) is 1.87. The summed E-state index contributed by atoms with van der Waals surface area (Å²) in [7, 11) is 0. The molecule has 0 aromatic rings. The van der Waals surface area contributed by atoms with Gasteiger partial charge in [0, 0.05) is 19.6 Å². The molecule has 1 unspecified atom stereocenters. The first kappa shape index (κ1) is 16.5. The van der Waals surface area contributed by atoms with Crippen LogP contribution in [0.5, 0.6) is 0 Å². The number of ketones is 1. The quantitative estimate of drug-likeness (QED) is 0.381. The molecule has 0 radical (unpaired) electrons. The van der Waals surface area contributed by atoms with E-state index in [1.165, 1.54) is 0 Å². The molecule has 102 valence electrons. The Hall–Kier alpha value is -0.490. The highest BCUT2D eigenvalue weighted by molar-refractivity contribution is 5.88. The number of hydrogen-bond donors (Lipinski definition) is 4. The van der Waals surface area contributed by atoms with Crippen molar-refractivity contribution in [3.05, 3.63) is 0 Å². The third-order valence-corrected chi connectivity index (χ3v) is 2.98. The van der Waals surface area contributed by atoms with Crippen molar-refractivity contribution in [3.8, 4) is 0 Å². The molecule has 1 atom stereocenters. The van der Waals surface area contributed by atoms with E-state index in [2.05, 4.69) is 0 Å². The van der Waals surface area contributed by atoms with Gasteiger partial charge < -0.3 is 21.7 Å². The molecule has 17 heavy (non-hydrogen) atoms. The molecule has 5 nitrogen and oxygen atoms in total.